The first kappa shape index (κ1) is 19.6. The number of anilines is 1. The smallest absolute Gasteiger partial charge is 0.287 e. The number of hydrogen-bond donors (Lipinski definition) is 2. The van der Waals surface area contributed by atoms with Gasteiger partial charge < -0.3 is 19.8 Å². The molecule has 0 bridgehead atoms. The minimum Gasteiger partial charge on any atom is -0.486 e. The quantitative estimate of drug-likeness (QED) is 0.446. The van der Waals surface area contributed by atoms with Crippen LogP contribution in [0.4, 0.5) is 11.4 Å². The molecular weight excluding hydrogens is 378 g/mol. The van der Waals surface area contributed by atoms with E-state index in [1.165, 1.54) is 30.3 Å². The van der Waals surface area contributed by atoms with E-state index in [-0.39, 0.29) is 24.6 Å². The first-order valence-corrected chi connectivity index (χ1v) is 8.60. The molecule has 0 unspecified atom stereocenters. The van der Waals surface area contributed by atoms with Crippen molar-refractivity contribution in [3.05, 3.63) is 88.4 Å². The molecule has 1 aromatic heterocycles. The van der Waals surface area contributed by atoms with Crippen molar-refractivity contribution in [3.8, 4) is 5.75 Å². The summed E-state index contributed by atoms with van der Waals surface area (Å²) in [5.74, 6) is 0.174. The summed E-state index contributed by atoms with van der Waals surface area (Å²) in [6.07, 6.45) is 0. The number of nitro benzene ring substituents is 1. The molecule has 2 N–H and O–H groups in total. The average molecular weight is 395 g/mol. The van der Waals surface area contributed by atoms with Crippen LogP contribution >= 0.6 is 0 Å². The third-order valence-corrected chi connectivity index (χ3v) is 3.78. The Morgan fingerprint density at radius 2 is 1.72 bits per heavy atom. The number of benzene rings is 2. The molecular formula is C20H17N3O6. The largest absolute Gasteiger partial charge is 0.486 e. The number of furan rings is 1. The van der Waals surface area contributed by atoms with Crippen molar-refractivity contribution < 1.29 is 23.7 Å². The van der Waals surface area contributed by atoms with E-state index in [4.69, 9.17) is 9.15 Å². The van der Waals surface area contributed by atoms with Crippen LogP contribution < -0.4 is 15.4 Å². The van der Waals surface area contributed by atoms with Crippen LogP contribution in [0.5, 0.6) is 5.75 Å². The summed E-state index contributed by atoms with van der Waals surface area (Å²) in [5, 5.41) is 15.6. The van der Waals surface area contributed by atoms with Crippen LogP contribution in [0.3, 0.4) is 0 Å². The zero-order chi connectivity index (χ0) is 20.6. The Hall–Kier alpha value is -4.14. The molecule has 0 atom stereocenters. The molecule has 0 aliphatic carbocycles. The Balaban J connectivity index is 1.45. The molecule has 2 amide bonds. The third-order valence-electron chi connectivity index (χ3n) is 3.78. The predicted molar refractivity (Wildman–Crippen MR) is 104 cm³/mol. The number of rotatable bonds is 8. The number of nitrogens with zero attached hydrogens (tertiary/aromatic N) is 1. The lowest BCUT2D eigenvalue weighted by Crippen LogP contribution is -2.32. The van der Waals surface area contributed by atoms with Gasteiger partial charge in [-0.15, -0.1) is 0 Å². The fourth-order valence-electron chi connectivity index (χ4n) is 2.37. The number of amides is 2. The Morgan fingerprint density at radius 1 is 1.00 bits per heavy atom. The van der Waals surface area contributed by atoms with Crippen LogP contribution in [0.1, 0.15) is 16.3 Å². The highest BCUT2D eigenvalue weighted by Gasteiger charge is 2.13. The van der Waals surface area contributed by atoms with E-state index in [0.29, 0.717) is 17.2 Å². The van der Waals surface area contributed by atoms with E-state index >= 15 is 0 Å². The molecule has 3 rings (SSSR count). The molecule has 9 nitrogen and oxygen atoms in total. The lowest BCUT2D eigenvalue weighted by atomic mass is 10.3. The molecule has 0 aliphatic rings. The highest BCUT2D eigenvalue weighted by atomic mass is 16.6. The van der Waals surface area contributed by atoms with Crippen LogP contribution in [-0.4, -0.2) is 23.3 Å². The lowest BCUT2D eigenvalue weighted by Gasteiger charge is -2.06. The maximum absolute atomic E-state index is 12.1. The van der Waals surface area contributed by atoms with Crippen molar-refractivity contribution in [1.29, 1.82) is 0 Å². The summed E-state index contributed by atoms with van der Waals surface area (Å²) in [7, 11) is 0. The van der Waals surface area contributed by atoms with Crippen LogP contribution in [0.25, 0.3) is 0 Å². The van der Waals surface area contributed by atoms with Gasteiger partial charge in [0.05, 0.1) is 11.5 Å². The second-order valence-electron chi connectivity index (χ2n) is 5.90. The van der Waals surface area contributed by atoms with Gasteiger partial charge in [-0.1, -0.05) is 18.2 Å². The monoisotopic (exact) mass is 395 g/mol. The van der Waals surface area contributed by atoms with Crippen molar-refractivity contribution in [2.24, 2.45) is 0 Å². The first-order valence-electron chi connectivity index (χ1n) is 8.60. The van der Waals surface area contributed by atoms with E-state index in [0.717, 1.165) is 0 Å². The van der Waals surface area contributed by atoms with Gasteiger partial charge in [0.1, 0.15) is 18.1 Å². The molecule has 0 aliphatic heterocycles. The van der Waals surface area contributed by atoms with Crippen LogP contribution in [0.15, 0.2) is 71.1 Å². The van der Waals surface area contributed by atoms with Gasteiger partial charge in [0.25, 0.3) is 11.6 Å². The zero-order valence-electron chi connectivity index (χ0n) is 15.2. The maximum atomic E-state index is 12.1. The number of nitrogens with one attached hydrogen (secondary N) is 2. The molecule has 0 saturated heterocycles. The number of non-ortho nitro benzene ring substituents is 1. The highest BCUT2D eigenvalue weighted by Crippen LogP contribution is 2.16. The number of ether oxygens (including phenoxy) is 1. The summed E-state index contributed by atoms with van der Waals surface area (Å²) in [4.78, 5) is 34.1. The molecule has 29 heavy (non-hydrogen) atoms. The van der Waals surface area contributed by atoms with Crippen LogP contribution in [0.2, 0.25) is 0 Å². The van der Waals surface area contributed by atoms with Gasteiger partial charge in [-0.25, -0.2) is 0 Å². The number of hydrogen-bond acceptors (Lipinski definition) is 6. The molecule has 0 spiro atoms. The van der Waals surface area contributed by atoms with Crippen molar-refractivity contribution in [2.45, 2.75) is 6.61 Å². The Bertz CT molecular complexity index is 999. The summed E-state index contributed by atoms with van der Waals surface area (Å²) in [6, 6.07) is 17.7. The van der Waals surface area contributed by atoms with E-state index in [9.17, 15) is 19.7 Å². The van der Waals surface area contributed by atoms with Gasteiger partial charge in [0, 0.05) is 17.8 Å². The summed E-state index contributed by atoms with van der Waals surface area (Å²) in [5.41, 5.74) is 0.300. The van der Waals surface area contributed by atoms with E-state index in [1.807, 2.05) is 18.2 Å². The number of para-hydroxylation sites is 1. The molecule has 0 radical (unpaired) electrons. The molecule has 9 heteroatoms. The van der Waals surface area contributed by atoms with Gasteiger partial charge in [-0.3, -0.25) is 19.7 Å². The average Bonchev–Trinajstić information content (AvgIpc) is 3.21. The number of nitro groups is 1. The molecule has 1 heterocycles. The summed E-state index contributed by atoms with van der Waals surface area (Å²) < 4.78 is 11.0. The van der Waals surface area contributed by atoms with Crippen molar-refractivity contribution in [2.75, 3.05) is 11.9 Å². The van der Waals surface area contributed by atoms with Crippen molar-refractivity contribution in [1.82, 2.24) is 5.32 Å². The van der Waals surface area contributed by atoms with E-state index in [2.05, 4.69) is 10.6 Å². The van der Waals surface area contributed by atoms with Crippen LogP contribution in [-0.2, 0) is 11.4 Å². The third kappa shape index (κ3) is 5.67. The Kier molecular flexibility index (Phi) is 6.21. The molecule has 0 fully saturated rings. The lowest BCUT2D eigenvalue weighted by molar-refractivity contribution is -0.384. The predicted octanol–water partition coefficient (Wildman–Crippen LogP) is 3.14. The van der Waals surface area contributed by atoms with Crippen LogP contribution in [0, 0.1) is 10.1 Å². The second kappa shape index (κ2) is 9.18. The summed E-state index contributed by atoms with van der Waals surface area (Å²) >= 11 is 0. The molecule has 148 valence electrons. The molecule has 2 aromatic carbocycles. The standard InChI is InChI=1S/C20H17N3O6/c24-19(22-14-6-8-15(9-7-14)23(26)27)12-21-20(25)18-11-10-17(29-18)13-28-16-4-2-1-3-5-16/h1-11H,12-13H2,(H,21,25)(H,22,24). The fraction of sp³-hybridized carbons (Fsp3) is 0.100. The first-order chi connectivity index (χ1) is 14.0. The topological polar surface area (TPSA) is 124 Å². The summed E-state index contributed by atoms with van der Waals surface area (Å²) in [6.45, 7) is -0.121. The Morgan fingerprint density at radius 3 is 2.41 bits per heavy atom. The zero-order valence-corrected chi connectivity index (χ0v) is 15.2. The minimum absolute atomic E-state index is 0.0554. The second-order valence-corrected chi connectivity index (χ2v) is 5.90. The minimum atomic E-state index is -0.546. The number of carbonyl (C=O) groups excluding carboxylic acids is 2. The van der Waals surface area contributed by atoms with Gasteiger partial charge in [-0.05, 0) is 36.4 Å². The normalized spacial score (nSPS) is 10.2. The Labute approximate surface area is 165 Å². The SMILES string of the molecule is O=C(CNC(=O)c1ccc(COc2ccccc2)o1)Nc1ccc([N+](=O)[O-])cc1. The molecule has 3 aromatic rings. The van der Waals surface area contributed by atoms with E-state index in [1.54, 1.807) is 18.2 Å². The highest BCUT2D eigenvalue weighted by molar-refractivity contribution is 5.98. The molecule has 0 saturated carbocycles. The maximum Gasteiger partial charge on any atom is 0.287 e. The number of carbonyl (C=O) groups is 2. The van der Waals surface area contributed by atoms with E-state index < -0.39 is 16.7 Å². The van der Waals surface area contributed by atoms with Gasteiger partial charge in [0.2, 0.25) is 5.91 Å². The van der Waals surface area contributed by atoms with Crippen molar-refractivity contribution in [3.63, 3.8) is 0 Å². The van der Waals surface area contributed by atoms with Crippen molar-refractivity contribution >= 4 is 23.2 Å². The fourth-order valence-corrected chi connectivity index (χ4v) is 2.37. The van der Waals surface area contributed by atoms with Gasteiger partial charge in [-0.2, -0.15) is 0 Å². The van der Waals surface area contributed by atoms with Gasteiger partial charge >= 0.3 is 0 Å². The van der Waals surface area contributed by atoms with Gasteiger partial charge in [0.15, 0.2) is 5.76 Å².